The average Bonchev–Trinajstić information content (AvgIpc) is 2.78. The molecule has 0 unspecified atom stereocenters. The Bertz CT molecular complexity index is 519. The lowest BCUT2D eigenvalue weighted by molar-refractivity contribution is 0.146. The maximum atomic E-state index is 12.6. The Kier molecular flexibility index (Phi) is 6.02. The van der Waals surface area contributed by atoms with Crippen molar-refractivity contribution in [1.29, 1.82) is 0 Å². The van der Waals surface area contributed by atoms with Crippen LogP contribution in [0.5, 0.6) is 5.75 Å². The van der Waals surface area contributed by atoms with Gasteiger partial charge in [0.05, 0.1) is 11.5 Å². The first-order chi connectivity index (χ1) is 10.1. The SMILES string of the molecule is COCCOc1ccc(S(=O)(=O)N2CCCCCC2)cc1. The van der Waals surface area contributed by atoms with Crippen LogP contribution in [-0.4, -0.2) is 46.1 Å². The van der Waals surface area contributed by atoms with Crippen molar-refractivity contribution in [2.75, 3.05) is 33.4 Å². The van der Waals surface area contributed by atoms with Crippen molar-refractivity contribution in [3.63, 3.8) is 0 Å². The summed E-state index contributed by atoms with van der Waals surface area (Å²) in [4.78, 5) is 0.337. The number of nitrogens with zero attached hydrogens (tertiary/aromatic N) is 1. The van der Waals surface area contributed by atoms with E-state index in [1.807, 2.05) is 0 Å². The van der Waals surface area contributed by atoms with Gasteiger partial charge in [-0.25, -0.2) is 8.42 Å². The second-order valence-corrected chi connectivity index (χ2v) is 7.07. The third-order valence-electron chi connectivity index (χ3n) is 3.58. The van der Waals surface area contributed by atoms with Gasteiger partial charge in [-0.3, -0.25) is 0 Å². The average molecular weight is 313 g/mol. The highest BCUT2D eigenvalue weighted by Crippen LogP contribution is 2.22. The largest absolute Gasteiger partial charge is 0.491 e. The van der Waals surface area contributed by atoms with Crippen LogP contribution in [0.25, 0.3) is 0 Å². The number of rotatable bonds is 6. The Balaban J connectivity index is 2.05. The summed E-state index contributed by atoms with van der Waals surface area (Å²) in [6, 6.07) is 6.62. The van der Waals surface area contributed by atoms with Gasteiger partial charge in [-0.05, 0) is 37.1 Å². The highest BCUT2D eigenvalue weighted by molar-refractivity contribution is 7.89. The summed E-state index contributed by atoms with van der Waals surface area (Å²) in [6.07, 6.45) is 4.10. The summed E-state index contributed by atoms with van der Waals surface area (Å²) in [6.45, 7) is 2.20. The fourth-order valence-electron chi connectivity index (χ4n) is 2.38. The van der Waals surface area contributed by atoms with E-state index >= 15 is 0 Å². The molecule has 1 fully saturated rings. The van der Waals surface area contributed by atoms with Crippen molar-refractivity contribution in [2.45, 2.75) is 30.6 Å². The smallest absolute Gasteiger partial charge is 0.243 e. The molecule has 2 rings (SSSR count). The Morgan fingerprint density at radius 3 is 2.19 bits per heavy atom. The summed E-state index contributed by atoms with van der Waals surface area (Å²) >= 11 is 0. The monoisotopic (exact) mass is 313 g/mol. The third kappa shape index (κ3) is 4.43. The number of sulfonamides is 1. The number of benzene rings is 1. The van der Waals surface area contributed by atoms with Gasteiger partial charge in [-0.15, -0.1) is 0 Å². The van der Waals surface area contributed by atoms with Crippen molar-refractivity contribution in [1.82, 2.24) is 4.31 Å². The highest BCUT2D eigenvalue weighted by atomic mass is 32.2. The quantitative estimate of drug-likeness (QED) is 0.756. The van der Waals surface area contributed by atoms with Gasteiger partial charge in [0.1, 0.15) is 12.4 Å². The molecule has 0 N–H and O–H groups in total. The van der Waals surface area contributed by atoms with Gasteiger partial charge < -0.3 is 9.47 Å². The second-order valence-electron chi connectivity index (χ2n) is 5.13. The molecule has 1 aliphatic rings. The summed E-state index contributed by atoms with van der Waals surface area (Å²) in [5, 5.41) is 0. The van der Waals surface area contributed by atoms with Crippen LogP contribution < -0.4 is 4.74 Å². The van der Waals surface area contributed by atoms with Crippen LogP contribution in [0.1, 0.15) is 25.7 Å². The molecule has 0 aromatic heterocycles. The topological polar surface area (TPSA) is 55.8 Å². The Labute approximate surface area is 126 Å². The Hall–Kier alpha value is -1.11. The molecule has 5 nitrogen and oxygen atoms in total. The lowest BCUT2D eigenvalue weighted by Crippen LogP contribution is -2.31. The first-order valence-corrected chi connectivity index (χ1v) is 8.80. The van der Waals surface area contributed by atoms with Gasteiger partial charge in [-0.2, -0.15) is 4.31 Å². The maximum absolute atomic E-state index is 12.6. The van der Waals surface area contributed by atoms with Gasteiger partial charge in [0, 0.05) is 20.2 Å². The fraction of sp³-hybridized carbons (Fsp3) is 0.600. The minimum absolute atomic E-state index is 0.337. The zero-order chi connectivity index (χ0) is 15.1. The van der Waals surface area contributed by atoms with E-state index in [1.54, 1.807) is 35.7 Å². The van der Waals surface area contributed by atoms with Gasteiger partial charge in [0.2, 0.25) is 10.0 Å². The molecule has 0 aliphatic carbocycles. The molecule has 1 saturated heterocycles. The van der Waals surface area contributed by atoms with Crippen LogP contribution in [0, 0.1) is 0 Å². The highest BCUT2D eigenvalue weighted by Gasteiger charge is 2.24. The van der Waals surface area contributed by atoms with Crippen molar-refractivity contribution in [3.8, 4) is 5.75 Å². The molecule has 0 radical (unpaired) electrons. The number of ether oxygens (including phenoxy) is 2. The summed E-state index contributed by atoms with van der Waals surface area (Å²) in [7, 11) is -1.76. The molecule has 1 aromatic rings. The van der Waals surface area contributed by atoms with Gasteiger partial charge in [0.15, 0.2) is 0 Å². The van der Waals surface area contributed by atoms with Gasteiger partial charge in [0.25, 0.3) is 0 Å². The normalized spacial score (nSPS) is 17.4. The van der Waals surface area contributed by atoms with Crippen molar-refractivity contribution < 1.29 is 17.9 Å². The standard InChI is InChI=1S/C15H23NO4S/c1-19-12-13-20-14-6-8-15(9-7-14)21(17,18)16-10-4-2-3-5-11-16/h6-9H,2-5,10-13H2,1H3. The molecular formula is C15H23NO4S. The maximum Gasteiger partial charge on any atom is 0.243 e. The fourth-order valence-corrected chi connectivity index (χ4v) is 3.90. The van der Waals surface area contributed by atoms with Crippen molar-refractivity contribution in [2.24, 2.45) is 0 Å². The Morgan fingerprint density at radius 2 is 1.62 bits per heavy atom. The minimum atomic E-state index is -3.37. The molecule has 0 saturated carbocycles. The van der Waals surface area contributed by atoms with Crippen LogP contribution in [-0.2, 0) is 14.8 Å². The number of hydrogen-bond acceptors (Lipinski definition) is 4. The van der Waals surface area contributed by atoms with Crippen LogP contribution >= 0.6 is 0 Å². The van der Waals surface area contributed by atoms with Crippen molar-refractivity contribution >= 4 is 10.0 Å². The zero-order valence-electron chi connectivity index (χ0n) is 12.5. The van der Waals surface area contributed by atoms with E-state index in [4.69, 9.17) is 9.47 Å². The molecule has 6 heteroatoms. The molecule has 1 aliphatic heterocycles. The first-order valence-electron chi connectivity index (χ1n) is 7.36. The van der Waals surface area contributed by atoms with Crippen molar-refractivity contribution in [3.05, 3.63) is 24.3 Å². The predicted molar refractivity (Wildman–Crippen MR) is 81.0 cm³/mol. The van der Waals surface area contributed by atoms with E-state index in [9.17, 15) is 8.42 Å². The third-order valence-corrected chi connectivity index (χ3v) is 5.50. The zero-order valence-corrected chi connectivity index (χ0v) is 13.3. The molecule has 0 amide bonds. The predicted octanol–water partition coefficient (Wildman–Crippen LogP) is 2.28. The lowest BCUT2D eigenvalue weighted by Gasteiger charge is -2.20. The molecule has 21 heavy (non-hydrogen) atoms. The van der Waals surface area contributed by atoms with Gasteiger partial charge in [-0.1, -0.05) is 12.8 Å². The van der Waals surface area contributed by atoms with Crippen LogP contribution in [0.15, 0.2) is 29.2 Å². The Morgan fingerprint density at radius 1 is 1.00 bits per heavy atom. The number of methoxy groups -OCH3 is 1. The molecule has 1 aromatic carbocycles. The molecule has 0 spiro atoms. The minimum Gasteiger partial charge on any atom is -0.491 e. The van der Waals surface area contributed by atoms with Crippen LogP contribution in [0.3, 0.4) is 0 Å². The summed E-state index contributed by atoms with van der Waals surface area (Å²) < 4.78 is 37.1. The first kappa shape index (κ1) is 16.3. The van der Waals surface area contributed by atoms with E-state index < -0.39 is 10.0 Å². The molecular weight excluding hydrogens is 290 g/mol. The molecule has 118 valence electrons. The molecule has 0 bridgehead atoms. The van der Waals surface area contributed by atoms with E-state index in [-0.39, 0.29) is 0 Å². The van der Waals surface area contributed by atoms with Crippen LogP contribution in [0.2, 0.25) is 0 Å². The summed E-state index contributed by atoms with van der Waals surface area (Å²) in [5.41, 5.74) is 0. The number of hydrogen-bond donors (Lipinski definition) is 0. The summed E-state index contributed by atoms with van der Waals surface area (Å²) in [5.74, 6) is 0.655. The van der Waals surface area contributed by atoms with Crippen LogP contribution in [0.4, 0.5) is 0 Å². The van der Waals surface area contributed by atoms with E-state index in [1.165, 1.54) is 0 Å². The van der Waals surface area contributed by atoms with Gasteiger partial charge >= 0.3 is 0 Å². The van der Waals surface area contributed by atoms with E-state index in [0.717, 1.165) is 25.7 Å². The molecule has 0 atom stereocenters. The lowest BCUT2D eigenvalue weighted by atomic mass is 10.2. The molecule has 1 heterocycles. The second kappa shape index (κ2) is 7.77. The van der Waals surface area contributed by atoms with E-state index in [0.29, 0.717) is 36.9 Å². The van der Waals surface area contributed by atoms with E-state index in [2.05, 4.69) is 0 Å².